The summed E-state index contributed by atoms with van der Waals surface area (Å²) in [5, 5.41) is 4.81. The number of aromatic amines is 1. The Morgan fingerprint density at radius 1 is 1.15 bits per heavy atom. The predicted octanol–water partition coefficient (Wildman–Crippen LogP) is 4.46. The molecule has 26 heavy (non-hydrogen) atoms. The number of nitrogens with one attached hydrogen (secondary N) is 2. The molecule has 0 saturated heterocycles. The minimum absolute atomic E-state index is 0.0511. The lowest BCUT2D eigenvalue weighted by molar-refractivity contribution is -0.113. The highest BCUT2D eigenvalue weighted by atomic mass is 32.2. The van der Waals surface area contributed by atoms with Crippen molar-refractivity contribution in [2.24, 2.45) is 0 Å². The Morgan fingerprint density at radius 3 is 2.85 bits per heavy atom. The molecule has 0 aliphatic rings. The quantitative estimate of drug-likeness (QED) is 0.415. The first-order valence-corrected chi connectivity index (χ1v) is 9.32. The fourth-order valence-corrected chi connectivity index (χ4v) is 3.76. The lowest BCUT2D eigenvalue weighted by Gasteiger charge is -2.09. The summed E-state index contributed by atoms with van der Waals surface area (Å²) in [6.45, 7) is 4.03. The molecule has 4 rings (SSSR count). The highest BCUT2D eigenvalue weighted by molar-refractivity contribution is 8.00. The average molecular weight is 362 g/mol. The standard InChI is InChI=1S/C20H18N4OS/c1-12-7-8-15(13(2)9-12)23-17(25)10-26-20-19-18(21-11-22-20)14-5-3-4-6-16(14)24-19/h3-9,11,24H,10H2,1-2H3,(H,23,25). The summed E-state index contributed by atoms with van der Waals surface area (Å²) in [6, 6.07) is 14.0. The molecule has 0 aliphatic carbocycles. The number of carbonyl (C=O) groups is 1. The zero-order chi connectivity index (χ0) is 18.1. The van der Waals surface area contributed by atoms with E-state index in [2.05, 4.69) is 26.3 Å². The van der Waals surface area contributed by atoms with Gasteiger partial charge in [0.05, 0.1) is 11.3 Å². The van der Waals surface area contributed by atoms with Gasteiger partial charge < -0.3 is 10.3 Å². The van der Waals surface area contributed by atoms with Gasteiger partial charge in [0.15, 0.2) is 0 Å². The van der Waals surface area contributed by atoms with E-state index in [0.29, 0.717) is 0 Å². The minimum atomic E-state index is -0.0511. The molecule has 2 aromatic carbocycles. The van der Waals surface area contributed by atoms with Crippen LogP contribution in [0.1, 0.15) is 11.1 Å². The zero-order valence-electron chi connectivity index (χ0n) is 14.5. The van der Waals surface area contributed by atoms with Gasteiger partial charge in [-0.05, 0) is 31.5 Å². The van der Waals surface area contributed by atoms with E-state index in [4.69, 9.17) is 0 Å². The van der Waals surface area contributed by atoms with Gasteiger partial charge in [-0.15, -0.1) is 0 Å². The van der Waals surface area contributed by atoms with Crippen molar-refractivity contribution in [1.29, 1.82) is 0 Å². The van der Waals surface area contributed by atoms with Crippen LogP contribution < -0.4 is 5.32 Å². The maximum Gasteiger partial charge on any atom is 0.234 e. The van der Waals surface area contributed by atoms with Gasteiger partial charge in [0.1, 0.15) is 16.9 Å². The Balaban J connectivity index is 1.53. The number of hydrogen-bond donors (Lipinski definition) is 2. The number of carbonyl (C=O) groups excluding carboxylic acids is 1. The molecule has 0 unspecified atom stereocenters. The molecule has 2 N–H and O–H groups in total. The molecule has 6 heteroatoms. The van der Waals surface area contributed by atoms with Crippen LogP contribution in [0, 0.1) is 13.8 Å². The maximum absolute atomic E-state index is 12.3. The third-order valence-electron chi connectivity index (χ3n) is 4.25. The van der Waals surface area contributed by atoms with Gasteiger partial charge in [-0.3, -0.25) is 4.79 Å². The molecule has 1 amide bonds. The molecule has 0 spiro atoms. The van der Waals surface area contributed by atoms with E-state index in [1.54, 1.807) is 6.33 Å². The third kappa shape index (κ3) is 3.15. The summed E-state index contributed by atoms with van der Waals surface area (Å²) in [5.74, 6) is 0.235. The highest BCUT2D eigenvalue weighted by Gasteiger charge is 2.12. The third-order valence-corrected chi connectivity index (χ3v) is 5.24. The summed E-state index contributed by atoms with van der Waals surface area (Å²) >= 11 is 1.41. The largest absolute Gasteiger partial charge is 0.351 e. The molecule has 0 saturated carbocycles. The van der Waals surface area contributed by atoms with Crippen LogP contribution in [0.25, 0.3) is 21.9 Å². The summed E-state index contributed by atoms with van der Waals surface area (Å²) in [7, 11) is 0. The molecule has 130 valence electrons. The summed E-state index contributed by atoms with van der Waals surface area (Å²) in [6.07, 6.45) is 1.55. The lowest BCUT2D eigenvalue weighted by atomic mass is 10.1. The number of hydrogen-bond acceptors (Lipinski definition) is 4. The van der Waals surface area contributed by atoms with E-state index in [0.717, 1.165) is 38.2 Å². The first kappa shape index (κ1) is 16.6. The second-order valence-electron chi connectivity index (χ2n) is 6.23. The SMILES string of the molecule is Cc1ccc(NC(=O)CSc2ncnc3c2[nH]c2ccccc23)c(C)c1. The van der Waals surface area contributed by atoms with Crippen molar-refractivity contribution in [2.45, 2.75) is 18.9 Å². The van der Waals surface area contributed by atoms with E-state index >= 15 is 0 Å². The predicted molar refractivity (Wildman–Crippen MR) is 107 cm³/mol. The topological polar surface area (TPSA) is 70.7 Å². The lowest BCUT2D eigenvalue weighted by Crippen LogP contribution is -2.15. The normalized spacial score (nSPS) is 11.2. The van der Waals surface area contributed by atoms with Crippen molar-refractivity contribution in [2.75, 3.05) is 11.1 Å². The number of para-hydroxylation sites is 1. The zero-order valence-corrected chi connectivity index (χ0v) is 15.4. The Bertz CT molecular complexity index is 1120. The van der Waals surface area contributed by atoms with Crippen molar-refractivity contribution in [3.8, 4) is 0 Å². The molecule has 2 aromatic heterocycles. The van der Waals surface area contributed by atoms with Crippen molar-refractivity contribution in [3.63, 3.8) is 0 Å². The Hall–Kier alpha value is -2.86. The molecule has 2 heterocycles. The van der Waals surface area contributed by atoms with Crippen LogP contribution in [0.3, 0.4) is 0 Å². The van der Waals surface area contributed by atoms with Gasteiger partial charge >= 0.3 is 0 Å². The number of benzene rings is 2. The Kier molecular flexibility index (Phi) is 4.34. The first-order chi connectivity index (χ1) is 12.6. The maximum atomic E-state index is 12.3. The molecule has 0 radical (unpaired) electrons. The van der Waals surface area contributed by atoms with E-state index in [1.165, 1.54) is 17.3 Å². The number of nitrogens with zero attached hydrogens (tertiary/aromatic N) is 2. The van der Waals surface area contributed by atoms with Crippen LogP contribution in [0.5, 0.6) is 0 Å². The molecule has 0 fully saturated rings. The highest BCUT2D eigenvalue weighted by Crippen LogP contribution is 2.29. The van der Waals surface area contributed by atoms with Crippen molar-refractivity contribution in [1.82, 2.24) is 15.0 Å². The minimum Gasteiger partial charge on any atom is -0.351 e. The van der Waals surface area contributed by atoms with Gasteiger partial charge in [-0.25, -0.2) is 9.97 Å². The van der Waals surface area contributed by atoms with E-state index in [9.17, 15) is 4.79 Å². The Labute approximate surface area is 155 Å². The van der Waals surface area contributed by atoms with Gasteiger partial charge in [0.2, 0.25) is 5.91 Å². The van der Waals surface area contributed by atoms with E-state index < -0.39 is 0 Å². The first-order valence-electron chi connectivity index (χ1n) is 8.33. The fourth-order valence-electron chi connectivity index (χ4n) is 3.00. The van der Waals surface area contributed by atoms with Crippen LogP contribution in [-0.2, 0) is 4.79 Å². The molecule has 4 aromatic rings. The van der Waals surface area contributed by atoms with Crippen molar-refractivity contribution in [3.05, 3.63) is 59.9 Å². The molecule has 0 atom stereocenters. The van der Waals surface area contributed by atoms with Crippen molar-refractivity contribution < 1.29 is 4.79 Å². The summed E-state index contributed by atoms with van der Waals surface area (Å²) in [5.41, 5.74) is 5.86. The van der Waals surface area contributed by atoms with Gasteiger partial charge in [-0.1, -0.05) is 47.7 Å². The number of amides is 1. The van der Waals surface area contributed by atoms with Crippen LogP contribution in [0.4, 0.5) is 5.69 Å². The molecule has 5 nitrogen and oxygen atoms in total. The number of anilines is 1. The summed E-state index contributed by atoms with van der Waals surface area (Å²) < 4.78 is 0. The van der Waals surface area contributed by atoms with Crippen molar-refractivity contribution >= 4 is 45.3 Å². The second kappa shape index (κ2) is 6.80. The molecule has 0 bridgehead atoms. The fraction of sp³-hybridized carbons (Fsp3) is 0.150. The van der Waals surface area contributed by atoms with Crippen LogP contribution >= 0.6 is 11.8 Å². The monoisotopic (exact) mass is 362 g/mol. The number of H-pyrrole nitrogens is 1. The summed E-state index contributed by atoms with van der Waals surface area (Å²) in [4.78, 5) is 24.4. The van der Waals surface area contributed by atoms with Gasteiger partial charge in [0, 0.05) is 16.6 Å². The molecular formula is C20H18N4OS. The average Bonchev–Trinajstić information content (AvgIpc) is 3.02. The molecule has 0 aliphatic heterocycles. The number of fused-ring (bicyclic) bond motifs is 3. The van der Waals surface area contributed by atoms with Gasteiger partial charge in [0.25, 0.3) is 0 Å². The number of rotatable bonds is 4. The number of aromatic nitrogens is 3. The smallest absolute Gasteiger partial charge is 0.234 e. The number of aryl methyl sites for hydroxylation is 2. The second-order valence-corrected chi connectivity index (χ2v) is 7.19. The van der Waals surface area contributed by atoms with E-state index in [-0.39, 0.29) is 11.7 Å². The van der Waals surface area contributed by atoms with Gasteiger partial charge in [-0.2, -0.15) is 0 Å². The number of thioether (sulfide) groups is 1. The Morgan fingerprint density at radius 2 is 2.00 bits per heavy atom. The molecular weight excluding hydrogens is 344 g/mol. The van der Waals surface area contributed by atoms with Crippen LogP contribution in [-0.4, -0.2) is 26.6 Å². The van der Waals surface area contributed by atoms with E-state index in [1.807, 2.05) is 50.2 Å². The van der Waals surface area contributed by atoms with Crippen LogP contribution in [0.2, 0.25) is 0 Å². The van der Waals surface area contributed by atoms with Crippen LogP contribution in [0.15, 0.2) is 53.8 Å².